The van der Waals surface area contributed by atoms with E-state index in [2.05, 4.69) is 20.3 Å². The molecule has 0 bridgehead atoms. The quantitative estimate of drug-likeness (QED) is 0.559. The number of nitrogens with zero attached hydrogens (tertiary/aromatic N) is 2. The Morgan fingerprint density at radius 3 is 2.52 bits per heavy atom. The molecule has 0 aliphatic heterocycles. The van der Waals surface area contributed by atoms with E-state index >= 15 is 0 Å². The fourth-order valence-electron chi connectivity index (χ4n) is 3.00. The first-order chi connectivity index (χ1) is 13.0. The van der Waals surface area contributed by atoms with Gasteiger partial charge in [-0.3, -0.25) is 9.78 Å². The van der Waals surface area contributed by atoms with Gasteiger partial charge < -0.3 is 10.3 Å². The number of anilines is 1. The van der Waals surface area contributed by atoms with Crippen molar-refractivity contribution in [3.63, 3.8) is 0 Å². The highest BCUT2D eigenvalue weighted by atomic mass is 19.1. The van der Waals surface area contributed by atoms with E-state index in [1.165, 1.54) is 12.1 Å². The van der Waals surface area contributed by atoms with E-state index in [1.807, 2.05) is 25.1 Å². The van der Waals surface area contributed by atoms with E-state index in [9.17, 15) is 9.18 Å². The van der Waals surface area contributed by atoms with Gasteiger partial charge in [-0.15, -0.1) is 0 Å². The standard InChI is InChI=1S/C21H17FN4O/c1-12-17(8-10-18(23-12)14-3-5-15(22)6-4-14)21(27)26-16-7-9-19-20(11-16)25-13(2)24-19/h3-11H,1-2H3,(H,24,25)(H,26,27). The van der Waals surface area contributed by atoms with Crippen molar-refractivity contribution in [1.29, 1.82) is 0 Å². The lowest BCUT2D eigenvalue weighted by molar-refractivity contribution is 0.102. The second kappa shape index (κ2) is 6.64. The maximum atomic E-state index is 13.1. The summed E-state index contributed by atoms with van der Waals surface area (Å²) in [6.45, 7) is 3.67. The van der Waals surface area contributed by atoms with Crippen LogP contribution in [0.4, 0.5) is 10.1 Å². The van der Waals surface area contributed by atoms with Crippen molar-refractivity contribution in [3.05, 3.63) is 77.5 Å². The number of amides is 1. The molecule has 4 aromatic rings. The van der Waals surface area contributed by atoms with Gasteiger partial charge in [0.25, 0.3) is 5.91 Å². The van der Waals surface area contributed by atoms with Crippen molar-refractivity contribution >= 4 is 22.6 Å². The molecule has 2 aromatic heterocycles. The number of nitrogens with one attached hydrogen (secondary N) is 2. The number of hydrogen-bond donors (Lipinski definition) is 2. The molecule has 2 aromatic carbocycles. The van der Waals surface area contributed by atoms with Gasteiger partial charge in [0.1, 0.15) is 11.6 Å². The van der Waals surface area contributed by atoms with Gasteiger partial charge in [-0.1, -0.05) is 0 Å². The first kappa shape index (κ1) is 16.9. The highest BCUT2D eigenvalue weighted by molar-refractivity contribution is 6.05. The van der Waals surface area contributed by atoms with Crippen LogP contribution in [-0.4, -0.2) is 20.9 Å². The number of aromatic amines is 1. The number of H-pyrrole nitrogens is 1. The SMILES string of the molecule is Cc1nc2ccc(NC(=O)c3ccc(-c4ccc(F)cc4)nc3C)cc2[nH]1. The van der Waals surface area contributed by atoms with Crippen LogP contribution in [0.3, 0.4) is 0 Å². The van der Waals surface area contributed by atoms with E-state index in [4.69, 9.17) is 0 Å². The van der Waals surface area contributed by atoms with Crippen LogP contribution in [0.1, 0.15) is 21.9 Å². The Labute approximate surface area is 155 Å². The minimum absolute atomic E-state index is 0.235. The van der Waals surface area contributed by atoms with Gasteiger partial charge in [0.2, 0.25) is 0 Å². The molecule has 0 spiro atoms. The van der Waals surface area contributed by atoms with Gasteiger partial charge in [-0.25, -0.2) is 9.37 Å². The molecular weight excluding hydrogens is 343 g/mol. The first-order valence-electron chi connectivity index (χ1n) is 8.51. The molecule has 2 heterocycles. The predicted octanol–water partition coefficient (Wildman–Crippen LogP) is 4.63. The minimum atomic E-state index is -0.295. The zero-order chi connectivity index (χ0) is 19.0. The number of halogens is 1. The molecule has 0 unspecified atom stereocenters. The van der Waals surface area contributed by atoms with Crippen molar-refractivity contribution in [2.24, 2.45) is 0 Å². The monoisotopic (exact) mass is 360 g/mol. The smallest absolute Gasteiger partial charge is 0.257 e. The average Bonchev–Trinajstić information content (AvgIpc) is 3.01. The number of hydrogen-bond acceptors (Lipinski definition) is 3. The van der Waals surface area contributed by atoms with Crippen molar-refractivity contribution in [3.8, 4) is 11.3 Å². The Bertz CT molecular complexity index is 1150. The highest BCUT2D eigenvalue weighted by Crippen LogP contribution is 2.21. The molecule has 0 aliphatic carbocycles. The number of aryl methyl sites for hydroxylation is 2. The van der Waals surface area contributed by atoms with Gasteiger partial charge in [0.05, 0.1) is 28.0 Å². The zero-order valence-corrected chi connectivity index (χ0v) is 14.9. The zero-order valence-electron chi connectivity index (χ0n) is 14.9. The van der Waals surface area contributed by atoms with Crippen molar-refractivity contribution < 1.29 is 9.18 Å². The topological polar surface area (TPSA) is 70.7 Å². The summed E-state index contributed by atoms with van der Waals surface area (Å²) in [5, 5.41) is 2.89. The molecule has 0 atom stereocenters. The molecule has 2 N–H and O–H groups in total. The summed E-state index contributed by atoms with van der Waals surface area (Å²) in [4.78, 5) is 24.6. The molecule has 4 rings (SSSR count). The Morgan fingerprint density at radius 1 is 1.00 bits per heavy atom. The summed E-state index contributed by atoms with van der Waals surface area (Å²) in [5.41, 5.74) is 4.98. The number of rotatable bonds is 3. The lowest BCUT2D eigenvalue weighted by atomic mass is 10.1. The second-order valence-corrected chi connectivity index (χ2v) is 6.34. The molecule has 0 aliphatic rings. The van der Waals surface area contributed by atoms with Crippen molar-refractivity contribution in [2.75, 3.05) is 5.32 Å². The summed E-state index contributed by atoms with van der Waals surface area (Å²) >= 11 is 0. The van der Waals surface area contributed by atoms with Gasteiger partial charge in [-0.2, -0.15) is 0 Å². The highest BCUT2D eigenvalue weighted by Gasteiger charge is 2.12. The summed E-state index contributed by atoms with van der Waals surface area (Å²) in [5.74, 6) is 0.294. The van der Waals surface area contributed by atoms with Gasteiger partial charge in [-0.05, 0) is 68.4 Å². The summed E-state index contributed by atoms with van der Waals surface area (Å²) in [6, 6.07) is 15.1. The number of aromatic nitrogens is 3. The number of carbonyl (C=O) groups is 1. The molecule has 0 saturated heterocycles. The average molecular weight is 360 g/mol. The van der Waals surface area contributed by atoms with Crippen LogP contribution in [0.2, 0.25) is 0 Å². The van der Waals surface area contributed by atoms with E-state index in [0.29, 0.717) is 22.6 Å². The van der Waals surface area contributed by atoms with Crippen LogP contribution in [0, 0.1) is 19.7 Å². The van der Waals surface area contributed by atoms with E-state index < -0.39 is 0 Å². The number of carbonyl (C=O) groups excluding carboxylic acids is 1. The van der Waals surface area contributed by atoms with E-state index in [1.54, 1.807) is 31.2 Å². The Balaban J connectivity index is 1.58. The van der Waals surface area contributed by atoms with Gasteiger partial charge >= 0.3 is 0 Å². The predicted molar refractivity (Wildman–Crippen MR) is 103 cm³/mol. The molecule has 6 heteroatoms. The van der Waals surface area contributed by atoms with Crippen molar-refractivity contribution in [1.82, 2.24) is 15.0 Å². The first-order valence-corrected chi connectivity index (χ1v) is 8.51. The third-order valence-corrected chi connectivity index (χ3v) is 4.33. The molecule has 27 heavy (non-hydrogen) atoms. The fraction of sp³-hybridized carbons (Fsp3) is 0.0952. The lowest BCUT2D eigenvalue weighted by Gasteiger charge is -2.09. The third kappa shape index (κ3) is 3.42. The maximum Gasteiger partial charge on any atom is 0.257 e. The van der Waals surface area contributed by atoms with Gasteiger partial charge in [0, 0.05) is 11.3 Å². The second-order valence-electron chi connectivity index (χ2n) is 6.34. The molecule has 0 saturated carbocycles. The Kier molecular flexibility index (Phi) is 4.16. The molecule has 134 valence electrons. The Hall–Kier alpha value is -3.54. The maximum absolute atomic E-state index is 13.1. The number of benzene rings is 2. The normalized spacial score (nSPS) is 10.9. The van der Waals surface area contributed by atoms with Gasteiger partial charge in [0.15, 0.2) is 0 Å². The number of pyridine rings is 1. The third-order valence-electron chi connectivity index (χ3n) is 4.33. The minimum Gasteiger partial charge on any atom is -0.342 e. The van der Waals surface area contributed by atoms with E-state index in [-0.39, 0.29) is 11.7 Å². The summed E-state index contributed by atoms with van der Waals surface area (Å²) in [7, 11) is 0. The molecular formula is C21H17FN4O. The number of fused-ring (bicyclic) bond motifs is 1. The van der Waals surface area contributed by atoms with E-state index in [0.717, 1.165) is 22.4 Å². The lowest BCUT2D eigenvalue weighted by Crippen LogP contribution is -2.14. The van der Waals surface area contributed by atoms with Crippen LogP contribution in [0.5, 0.6) is 0 Å². The molecule has 0 fully saturated rings. The summed E-state index contributed by atoms with van der Waals surface area (Å²) in [6.07, 6.45) is 0. The number of imidazole rings is 1. The molecule has 0 radical (unpaired) electrons. The van der Waals surface area contributed by atoms with Crippen molar-refractivity contribution in [2.45, 2.75) is 13.8 Å². The van der Waals surface area contributed by atoms with Crippen LogP contribution >= 0.6 is 0 Å². The van der Waals surface area contributed by atoms with Crippen LogP contribution in [0.15, 0.2) is 54.6 Å². The van der Waals surface area contributed by atoms with Crippen LogP contribution < -0.4 is 5.32 Å². The summed E-state index contributed by atoms with van der Waals surface area (Å²) < 4.78 is 13.1. The fourth-order valence-corrected chi connectivity index (χ4v) is 3.00. The Morgan fingerprint density at radius 2 is 1.78 bits per heavy atom. The van der Waals surface area contributed by atoms with Crippen LogP contribution in [0.25, 0.3) is 22.3 Å². The molecule has 1 amide bonds. The van der Waals surface area contributed by atoms with Crippen LogP contribution in [-0.2, 0) is 0 Å². The largest absolute Gasteiger partial charge is 0.342 e. The molecule has 5 nitrogen and oxygen atoms in total.